The second-order valence-electron chi connectivity index (χ2n) is 5.38. The Kier molecular flexibility index (Phi) is 5.18. The summed E-state index contributed by atoms with van der Waals surface area (Å²) in [4.78, 5) is 25.9. The number of carbonyl (C=O) groups excluding carboxylic acids is 2. The fourth-order valence-corrected chi connectivity index (χ4v) is 2.71. The van der Waals surface area contributed by atoms with Crippen LogP contribution in [-0.2, 0) is 9.59 Å². The van der Waals surface area contributed by atoms with Gasteiger partial charge in [0.05, 0.1) is 5.57 Å². The van der Waals surface area contributed by atoms with Crippen LogP contribution in [-0.4, -0.2) is 23.3 Å². The first-order chi connectivity index (χ1) is 10.1. The van der Waals surface area contributed by atoms with Gasteiger partial charge in [0.1, 0.15) is 5.03 Å². The number of benzene rings is 1. The van der Waals surface area contributed by atoms with Crippen molar-refractivity contribution in [1.82, 2.24) is 4.90 Å². The molecule has 1 aliphatic heterocycles. The number of rotatable bonds is 6. The average Bonchev–Trinajstić information content (AvgIpc) is 2.68. The highest BCUT2D eigenvalue weighted by Gasteiger charge is 2.37. The van der Waals surface area contributed by atoms with E-state index in [0.29, 0.717) is 17.7 Å². The Bertz CT molecular complexity index is 575. The summed E-state index contributed by atoms with van der Waals surface area (Å²) in [5, 5.41) is 0.0411. The van der Waals surface area contributed by atoms with E-state index < -0.39 is 0 Å². The highest BCUT2D eigenvalue weighted by atomic mass is 35.5. The number of imide groups is 1. The zero-order valence-electron chi connectivity index (χ0n) is 12.5. The fourth-order valence-electron chi connectivity index (χ4n) is 2.42. The average molecular weight is 306 g/mol. The number of hydrogen-bond donors (Lipinski definition) is 0. The standard InChI is InChI=1S/C17H20ClNO2/c1-3-4-5-6-11-19-16(20)14(15(18)17(19)21)13-9-7-12(2)8-10-13/h7-10H,3-6,11H2,1-2H3. The summed E-state index contributed by atoms with van der Waals surface area (Å²) in [6.45, 7) is 4.55. The molecule has 0 bridgehead atoms. The van der Waals surface area contributed by atoms with Gasteiger partial charge in [-0.1, -0.05) is 67.6 Å². The van der Waals surface area contributed by atoms with Crippen LogP contribution < -0.4 is 0 Å². The Morgan fingerprint density at radius 1 is 1.00 bits per heavy atom. The van der Waals surface area contributed by atoms with Gasteiger partial charge in [-0.2, -0.15) is 0 Å². The first-order valence-corrected chi connectivity index (χ1v) is 7.77. The fraction of sp³-hybridized carbons (Fsp3) is 0.412. The monoisotopic (exact) mass is 305 g/mol. The molecule has 1 heterocycles. The van der Waals surface area contributed by atoms with Crippen LogP contribution in [0.3, 0.4) is 0 Å². The van der Waals surface area contributed by atoms with Crippen molar-refractivity contribution in [2.24, 2.45) is 0 Å². The molecule has 0 spiro atoms. The van der Waals surface area contributed by atoms with Crippen LogP contribution in [0, 0.1) is 6.92 Å². The summed E-state index contributed by atoms with van der Waals surface area (Å²) in [6.07, 6.45) is 4.08. The van der Waals surface area contributed by atoms with Crippen LogP contribution in [0.5, 0.6) is 0 Å². The van der Waals surface area contributed by atoms with Crippen molar-refractivity contribution in [2.75, 3.05) is 6.54 Å². The molecule has 0 saturated carbocycles. The van der Waals surface area contributed by atoms with E-state index in [1.165, 1.54) is 4.90 Å². The minimum Gasteiger partial charge on any atom is -0.274 e. The minimum atomic E-state index is -0.367. The molecule has 4 heteroatoms. The Morgan fingerprint density at radius 2 is 1.67 bits per heavy atom. The summed E-state index contributed by atoms with van der Waals surface area (Å²) in [6, 6.07) is 7.49. The summed E-state index contributed by atoms with van der Waals surface area (Å²) in [5.74, 6) is -0.640. The van der Waals surface area contributed by atoms with Crippen molar-refractivity contribution < 1.29 is 9.59 Å². The zero-order chi connectivity index (χ0) is 15.4. The van der Waals surface area contributed by atoms with Crippen LogP contribution in [0.4, 0.5) is 0 Å². The highest BCUT2D eigenvalue weighted by Crippen LogP contribution is 2.31. The van der Waals surface area contributed by atoms with Crippen molar-refractivity contribution in [3.63, 3.8) is 0 Å². The summed E-state index contributed by atoms with van der Waals surface area (Å²) in [7, 11) is 0. The van der Waals surface area contributed by atoms with E-state index in [2.05, 4.69) is 6.92 Å². The van der Waals surface area contributed by atoms with Gasteiger partial charge >= 0.3 is 0 Å². The predicted octanol–water partition coefficient (Wildman–Crippen LogP) is 3.89. The number of hydrogen-bond acceptors (Lipinski definition) is 2. The third-order valence-electron chi connectivity index (χ3n) is 3.69. The molecule has 21 heavy (non-hydrogen) atoms. The molecule has 1 aromatic rings. The third-order valence-corrected chi connectivity index (χ3v) is 4.04. The lowest BCUT2D eigenvalue weighted by Gasteiger charge is -2.14. The molecule has 0 unspecified atom stereocenters. The molecule has 0 aromatic heterocycles. The molecular formula is C17H20ClNO2. The molecule has 0 atom stereocenters. The van der Waals surface area contributed by atoms with Gasteiger partial charge in [0.2, 0.25) is 0 Å². The van der Waals surface area contributed by atoms with E-state index >= 15 is 0 Å². The molecule has 2 rings (SSSR count). The normalized spacial score (nSPS) is 15.3. The lowest BCUT2D eigenvalue weighted by Crippen LogP contribution is -2.32. The van der Waals surface area contributed by atoms with E-state index in [9.17, 15) is 9.59 Å². The van der Waals surface area contributed by atoms with Gasteiger partial charge in [-0.25, -0.2) is 0 Å². The number of unbranched alkanes of at least 4 members (excludes halogenated alkanes) is 3. The maximum Gasteiger partial charge on any atom is 0.273 e. The zero-order valence-corrected chi connectivity index (χ0v) is 13.2. The Hall–Kier alpha value is -1.61. The van der Waals surface area contributed by atoms with Crippen LogP contribution in [0.2, 0.25) is 0 Å². The van der Waals surface area contributed by atoms with Crippen LogP contribution in [0.1, 0.15) is 43.7 Å². The SMILES string of the molecule is CCCCCCN1C(=O)C(Cl)=C(c2ccc(C)cc2)C1=O. The van der Waals surface area contributed by atoms with Gasteiger partial charge in [-0.3, -0.25) is 14.5 Å². The van der Waals surface area contributed by atoms with Gasteiger partial charge < -0.3 is 0 Å². The molecule has 0 N–H and O–H groups in total. The number of carbonyl (C=O) groups is 2. The van der Waals surface area contributed by atoms with E-state index in [1.807, 2.05) is 31.2 Å². The summed E-state index contributed by atoms with van der Waals surface area (Å²) >= 11 is 6.10. The predicted molar refractivity (Wildman–Crippen MR) is 84.8 cm³/mol. The van der Waals surface area contributed by atoms with E-state index in [0.717, 1.165) is 31.2 Å². The van der Waals surface area contributed by atoms with Crippen molar-refractivity contribution in [3.05, 3.63) is 40.4 Å². The molecule has 1 aromatic carbocycles. The lowest BCUT2D eigenvalue weighted by molar-refractivity contribution is -0.136. The van der Waals surface area contributed by atoms with Crippen molar-refractivity contribution in [2.45, 2.75) is 39.5 Å². The second-order valence-corrected chi connectivity index (χ2v) is 5.76. The molecular weight excluding hydrogens is 286 g/mol. The van der Waals surface area contributed by atoms with E-state index in [-0.39, 0.29) is 16.8 Å². The van der Waals surface area contributed by atoms with Gasteiger partial charge in [-0.15, -0.1) is 0 Å². The number of nitrogens with zero attached hydrogens (tertiary/aromatic N) is 1. The van der Waals surface area contributed by atoms with Crippen molar-refractivity contribution >= 4 is 29.0 Å². The Labute approximate surface area is 130 Å². The third kappa shape index (κ3) is 3.35. The van der Waals surface area contributed by atoms with Crippen LogP contribution in [0.25, 0.3) is 5.57 Å². The summed E-state index contributed by atoms with van der Waals surface area (Å²) in [5.41, 5.74) is 2.14. The highest BCUT2D eigenvalue weighted by molar-refractivity contribution is 6.55. The molecule has 0 fully saturated rings. The Morgan fingerprint density at radius 3 is 2.29 bits per heavy atom. The first-order valence-electron chi connectivity index (χ1n) is 7.39. The van der Waals surface area contributed by atoms with Gasteiger partial charge in [0.25, 0.3) is 11.8 Å². The molecule has 0 aliphatic carbocycles. The Balaban J connectivity index is 2.14. The first kappa shape index (κ1) is 15.8. The second kappa shape index (κ2) is 6.90. The molecule has 2 amide bonds. The van der Waals surface area contributed by atoms with Gasteiger partial charge in [0.15, 0.2) is 0 Å². The van der Waals surface area contributed by atoms with Gasteiger partial charge in [0, 0.05) is 6.54 Å². The molecule has 0 saturated heterocycles. The van der Waals surface area contributed by atoms with Crippen molar-refractivity contribution in [3.8, 4) is 0 Å². The molecule has 3 nitrogen and oxygen atoms in total. The van der Waals surface area contributed by atoms with Crippen molar-refractivity contribution in [1.29, 1.82) is 0 Å². The molecule has 1 aliphatic rings. The van der Waals surface area contributed by atoms with E-state index in [1.54, 1.807) is 0 Å². The van der Waals surface area contributed by atoms with Crippen LogP contribution >= 0.6 is 11.6 Å². The maximum absolute atomic E-state index is 12.4. The van der Waals surface area contributed by atoms with E-state index in [4.69, 9.17) is 11.6 Å². The van der Waals surface area contributed by atoms with Crippen LogP contribution in [0.15, 0.2) is 29.3 Å². The van der Waals surface area contributed by atoms with Gasteiger partial charge in [-0.05, 0) is 18.9 Å². The largest absolute Gasteiger partial charge is 0.274 e. The number of aryl methyl sites for hydroxylation is 1. The quantitative estimate of drug-likeness (QED) is 0.590. The maximum atomic E-state index is 12.4. The molecule has 112 valence electrons. The number of halogens is 1. The molecule has 0 radical (unpaired) electrons. The minimum absolute atomic E-state index is 0.0411. The lowest BCUT2D eigenvalue weighted by atomic mass is 10.0. The smallest absolute Gasteiger partial charge is 0.273 e. The topological polar surface area (TPSA) is 37.4 Å². The number of amides is 2. The summed E-state index contributed by atoms with van der Waals surface area (Å²) < 4.78 is 0.